The molecule has 0 saturated carbocycles. The summed E-state index contributed by atoms with van der Waals surface area (Å²) in [6.07, 6.45) is 0. The lowest BCUT2D eigenvalue weighted by Crippen LogP contribution is -2.05. The van der Waals surface area contributed by atoms with Crippen LogP contribution >= 0.6 is 54.9 Å². The quantitative estimate of drug-likeness (QED) is 0.326. The normalized spacial score (nSPS) is 13.7. The summed E-state index contributed by atoms with van der Waals surface area (Å²) in [5, 5.41) is 1.47. The molecule has 8 heteroatoms. The first-order chi connectivity index (χ1) is 5.85. The van der Waals surface area contributed by atoms with Crippen LogP contribution < -0.4 is 5.56 Å². The first kappa shape index (κ1) is 11.9. The number of rotatable bonds is 2. The number of aromatic nitrogens is 1. The minimum Gasteiger partial charge on any atom is -0.265 e. The molecule has 1 unspecified atom stereocenters. The van der Waals surface area contributed by atoms with E-state index in [-0.39, 0.29) is 5.56 Å². The molecule has 0 aromatic carbocycles. The van der Waals surface area contributed by atoms with Crippen molar-refractivity contribution >= 4 is 63.7 Å². The third-order valence-corrected chi connectivity index (χ3v) is 11.9. The third kappa shape index (κ3) is 2.45. The zero-order valence-corrected chi connectivity index (χ0v) is 12.4. The number of aromatic amines is 1. The van der Waals surface area contributed by atoms with Crippen LogP contribution in [-0.4, -0.2) is 14.1 Å². The SMILES string of the molecule is Cc1c[s+](S(=O)(=O)C(I)I)[nH]c1=O. The number of H-pyrrole nitrogens is 1. The molecule has 0 fully saturated rings. The van der Waals surface area contributed by atoms with Gasteiger partial charge in [0.05, 0.1) is 5.56 Å². The van der Waals surface area contributed by atoms with E-state index < -0.39 is 19.8 Å². The summed E-state index contributed by atoms with van der Waals surface area (Å²) < 4.78 is 25.0. The van der Waals surface area contributed by atoms with Crippen LogP contribution in [0.25, 0.3) is 0 Å². The summed E-state index contributed by atoms with van der Waals surface area (Å²) >= 11 is 3.63. The van der Waals surface area contributed by atoms with Gasteiger partial charge in [0, 0.05) is 0 Å². The molecular formula is C5H6I2NO3S2+. The molecule has 1 aromatic rings. The van der Waals surface area contributed by atoms with E-state index in [9.17, 15) is 13.2 Å². The molecule has 4 nitrogen and oxygen atoms in total. The summed E-state index contributed by atoms with van der Waals surface area (Å²) in [6, 6.07) is 0. The Labute approximate surface area is 105 Å². The lowest BCUT2D eigenvalue weighted by atomic mass is 10.4. The molecule has 0 spiro atoms. The fourth-order valence-corrected chi connectivity index (χ4v) is 7.76. The largest absolute Gasteiger partial charge is 0.378 e. The van der Waals surface area contributed by atoms with Crippen LogP contribution in [0.3, 0.4) is 0 Å². The molecule has 0 bridgehead atoms. The lowest BCUT2D eigenvalue weighted by molar-refractivity contribution is 0.613. The van der Waals surface area contributed by atoms with Gasteiger partial charge in [-0.05, 0) is 52.1 Å². The Morgan fingerprint density at radius 3 is 2.38 bits per heavy atom. The van der Waals surface area contributed by atoms with Gasteiger partial charge in [-0.15, -0.1) is 4.37 Å². The third-order valence-electron chi connectivity index (χ3n) is 1.30. The zero-order chi connectivity index (χ0) is 10.2. The number of alkyl halides is 2. The highest BCUT2D eigenvalue weighted by Gasteiger charge is 2.33. The van der Waals surface area contributed by atoms with Gasteiger partial charge >= 0.3 is 8.87 Å². The van der Waals surface area contributed by atoms with Gasteiger partial charge in [0.2, 0.25) is 1.26 Å². The van der Waals surface area contributed by atoms with Gasteiger partial charge in [0.1, 0.15) is 0 Å². The summed E-state index contributed by atoms with van der Waals surface area (Å²) in [5.41, 5.74) is 0.181. The van der Waals surface area contributed by atoms with Crippen LogP contribution in [0.15, 0.2) is 10.2 Å². The molecule has 0 aliphatic heterocycles. The molecule has 0 aliphatic carbocycles. The van der Waals surface area contributed by atoms with Crippen molar-refractivity contribution in [1.29, 1.82) is 0 Å². The Morgan fingerprint density at radius 2 is 2.08 bits per heavy atom. The van der Waals surface area contributed by atoms with Crippen LogP contribution in [0, 0.1) is 6.92 Å². The van der Waals surface area contributed by atoms with E-state index in [0.29, 0.717) is 5.56 Å². The Morgan fingerprint density at radius 1 is 1.54 bits per heavy atom. The van der Waals surface area contributed by atoms with Crippen molar-refractivity contribution in [3.05, 3.63) is 21.3 Å². The average Bonchev–Trinajstić information content (AvgIpc) is 2.32. The maximum absolute atomic E-state index is 11.6. The minimum atomic E-state index is -3.25. The van der Waals surface area contributed by atoms with Gasteiger partial charge in [-0.3, -0.25) is 4.79 Å². The highest BCUT2D eigenvalue weighted by Crippen LogP contribution is 2.32. The summed E-state index contributed by atoms with van der Waals surface area (Å²) in [5.74, 6) is 0. The van der Waals surface area contributed by atoms with E-state index in [1.165, 1.54) is 5.38 Å². The highest BCUT2D eigenvalue weighted by molar-refractivity contribution is 14.2. The van der Waals surface area contributed by atoms with E-state index in [1.807, 2.05) is 45.2 Å². The second-order valence-electron chi connectivity index (χ2n) is 2.28. The minimum absolute atomic E-state index is 0.291. The van der Waals surface area contributed by atoms with Crippen molar-refractivity contribution in [2.45, 2.75) is 8.19 Å². The second kappa shape index (κ2) is 4.14. The maximum atomic E-state index is 11.6. The van der Waals surface area contributed by atoms with Gasteiger partial charge in [0.25, 0.3) is 5.56 Å². The monoisotopic (exact) mass is 446 g/mol. The van der Waals surface area contributed by atoms with Crippen LogP contribution in [0.4, 0.5) is 0 Å². The highest BCUT2D eigenvalue weighted by atomic mass is 127. The molecule has 1 aromatic heterocycles. The molecule has 0 saturated heterocycles. The van der Waals surface area contributed by atoms with E-state index >= 15 is 0 Å². The van der Waals surface area contributed by atoms with Crippen molar-refractivity contribution in [3.8, 4) is 0 Å². The zero-order valence-electron chi connectivity index (χ0n) is 6.45. The molecule has 1 N–H and O–H groups in total. The number of hydrogen-bond acceptors (Lipinski definition) is 3. The topological polar surface area (TPSA) is 67.0 Å². The molecule has 74 valence electrons. The van der Waals surface area contributed by atoms with Gasteiger partial charge in [-0.25, -0.2) is 0 Å². The van der Waals surface area contributed by atoms with Crippen molar-refractivity contribution in [1.82, 2.24) is 4.37 Å². The predicted molar refractivity (Wildman–Crippen MR) is 70.4 cm³/mol. The van der Waals surface area contributed by atoms with E-state index in [2.05, 4.69) is 4.37 Å². The van der Waals surface area contributed by atoms with Crippen LogP contribution in [0.1, 0.15) is 5.56 Å². The average molecular weight is 446 g/mol. The number of hydrogen-bond donors (Lipinski definition) is 1. The first-order valence-corrected chi connectivity index (χ1v) is 8.95. The fourth-order valence-electron chi connectivity index (χ4n) is 0.619. The van der Waals surface area contributed by atoms with Crippen molar-refractivity contribution < 1.29 is 8.42 Å². The van der Waals surface area contributed by atoms with Crippen LogP contribution in [-0.2, 0) is 8.87 Å². The van der Waals surface area contributed by atoms with Crippen LogP contribution in [0.2, 0.25) is 0 Å². The second-order valence-corrected chi connectivity index (χ2v) is 13.8. The lowest BCUT2D eigenvalue weighted by Gasteiger charge is -1.91. The number of aryl methyl sites for hydroxylation is 1. The Balaban J connectivity index is 3.32. The number of halogens is 2. The summed E-state index contributed by atoms with van der Waals surface area (Å²) in [4.78, 5) is 11.0. The van der Waals surface area contributed by atoms with E-state index in [4.69, 9.17) is 0 Å². The van der Waals surface area contributed by atoms with E-state index in [0.717, 1.165) is 0 Å². The van der Waals surface area contributed by atoms with E-state index in [1.54, 1.807) is 6.92 Å². The van der Waals surface area contributed by atoms with Gasteiger partial charge < -0.3 is 0 Å². The van der Waals surface area contributed by atoms with Crippen LogP contribution in [0.5, 0.6) is 0 Å². The molecular weight excluding hydrogens is 440 g/mol. The van der Waals surface area contributed by atoms with Gasteiger partial charge in [-0.1, -0.05) is 0 Å². The first-order valence-electron chi connectivity index (χ1n) is 3.10. The molecule has 0 amide bonds. The predicted octanol–water partition coefficient (Wildman–Crippen LogP) is 1.76. The number of nitrogens with one attached hydrogen (secondary N) is 1. The molecule has 1 heterocycles. The molecule has 1 atom stereocenters. The van der Waals surface area contributed by atoms with Crippen molar-refractivity contribution in [2.75, 3.05) is 0 Å². The van der Waals surface area contributed by atoms with Crippen molar-refractivity contribution in [2.24, 2.45) is 0 Å². The maximum Gasteiger partial charge on any atom is 0.378 e. The Hall–Kier alpha value is 0.840. The summed E-state index contributed by atoms with van der Waals surface area (Å²) in [6.45, 7) is 1.60. The standard InChI is InChI=1S/C5H5I2NO3S2/c1-3-2-12(8-4(3)9)13(10,11)5(6)7/h2,5H,1H3/p+1. The van der Waals surface area contributed by atoms with Gasteiger partial charge in [0.15, 0.2) is 15.1 Å². The molecule has 13 heavy (non-hydrogen) atoms. The Kier molecular flexibility index (Phi) is 3.80. The van der Waals surface area contributed by atoms with Gasteiger partial charge in [-0.2, -0.15) is 8.42 Å². The molecule has 0 radical (unpaired) electrons. The smallest absolute Gasteiger partial charge is 0.265 e. The molecule has 1 rings (SSSR count). The van der Waals surface area contributed by atoms with Crippen molar-refractivity contribution in [3.63, 3.8) is 0 Å². The Bertz CT molecular complexity index is 458. The fraction of sp³-hybridized carbons (Fsp3) is 0.400. The molecule has 0 aliphatic rings. The summed E-state index contributed by atoms with van der Waals surface area (Å²) in [7, 11) is -4.38.